The molecule has 5 heteroatoms. The van der Waals surface area contributed by atoms with Gasteiger partial charge in [-0.3, -0.25) is 4.90 Å². The van der Waals surface area contributed by atoms with Gasteiger partial charge in [-0.25, -0.2) is 0 Å². The van der Waals surface area contributed by atoms with Gasteiger partial charge in [-0.15, -0.1) is 0 Å². The molecule has 2 nitrogen and oxygen atoms in total. The predicted molar refractivity (Wildman–Crippen MR) is 40.9 cm³/mol. The first-order valence-corrected chi connectivity index (χ1v) is 3.97. The van der Waals surface area contributed by atoms with E-state index in [2.05, 4.69) is 17.4 Å². The maximum atomic E-state index is 12.5. The molecule has 0 amide bonds. The summed E-state index contributed by atoms with van der Waals surface area (Å²) in [6.07, 6.45) is -2.99. The molecule has 0 N–H and O–H groups in total. The summed E-state index contributed by atoms with van der Waals surface area (Å²) in [6.45, 7) is 2.03. The second-order valence-electron chi connectivity index (χ2n) is 2.59. The number of thiol groups is 1. The molecule has 0 radical (unpaired) electrons. The maximum absolute atomic E-state index is 12.5. The van der Waals surface area contributed by atoms with E-state index in [0.29, 0.717) is 6.54 Å². The van der Waals surface area contributed by atoms with E-state index in [-0.39, 0.29) is 18.5 Å². The number of hydrogen-bond donors (Lipinski definition) is 1. The molecule has 1 fully saturated rings. The average Bonchev–Trinajstić information content (AvgIpc) is 1.85. The summed E-state index contributed by atoms with van der Waals surface area (Å²) in [6, 6.07) is 0. The lowest BCUT2D eigenvalue weighted by molar-refractivity contribution is -0.270. The fourth-order valence-electron chi connectivity index (χ4n) is 0.992. The lowest BCUT2D eigenvalue weighted by Crippen LogP contribution is -2.48. The fraction of sp³-hybridized carbons (Fsp3) is 1.00. The van der Waals surface area contributed by atoms with Crippen LogP contribution in [-0.2, 0) is 4.74 Å². The van der Waals surface area contributed by atoms with Gasteiger partial charge in [0.1, 0.15) is 0 Å². The van der Waals surface area contributed by atoms with Crippen LogP contribution < -0.4 is 0 Å². The van der Waals surface area contributed by atoms with Crippen molar-refractivity contribution in [3.63, 3.8) is 0 Å². The topological polar surface area (TPSA) is 12.5 Å². The van der Waals surface area contributed by atoms with Gasteiger partial charge in [-0.1, -0.05) is 0 Å². The van der Waals surface area contributed by atoms with Gasteiger partial charge >= 0.3 is 6.11 Å². The Bertz CT molecular complexity index is 143. The maximum Gasteiger partial charge on any atom is 0.368 e. The van der Waals surface area contributed by atoms with E-state index in [4.69, 9.17) is 0 Å². The number of hydrogen-bond acceptors (Lipinski definition) is 3. The van der Waals surface area contributed by atoms with Crippen molar-refractivity contribution in [1.29, 1.82) is 0 Å². The Morgan fingerprint density at radius 2 is 2.27 bits per heavy atom. The zero-order valence-corrected chi connectivity index (χ0v) is 7.15. The molecule has 66 valence electrons. The van der Waals surface area contributed by atoms with Gasteiger partial charge < -0.3 is 4.74 Å². The van der Waals surface area contributed by atoms with Crippen LogP contribution in [0.4, 0.5) is 8.78 Å². The molecule has 0 saturated carbocycles. The van der Waals surface area contributed by atoms with E-state index in [1.165, 1.54) is 0 Å². The van der Waals surface area contributed by atoms with Crippen molar-refractivity contribution in [2.45, 2.75) is 18.4 Å². The summed E-state index contributed by atoms with van der Waals surface area (Å²) in [5, 5.41) is -0.134. The zero-order chi connectivity index (χ0) is 8.48. The van der Waals surface area contributed by atoms with Gasteiger partial charge in [0.25, 0.3) is 0 Å². The molecule has 11 heavy (non-hydrogen) atoms. The molecule has 1 aliphatic heterocycles. The van der Waals surface area contributed by atoms with E-state index in [1.807, 2.05) is 0 Å². The summed E-state index contributed by atoms with van der Waals surface area (Å²) in [4.78, 5) is 1.58. The number of nitrogens with zero attached hydrogens (tertiary/aromatic N) is 1. The first-order valence-electron chi connectivity index (χ1n) is 3.45. The minimum atomic E-state index is -2.99. The summed E-state index contributed by atoms with van der Waals surface area (Å²) in [7, 11) is 0. The lowest BCUT2D eigenvalue weighted by atomic mass is 10.4. The molecule has 1 atom stereocenters. The Morgan fingerprint density at radius 1 is 1.64 bits per heavy atom. The van der Waals surface area contributed by atoms with Crippen molar-refractivity contribution >= 4 is 12.6 Å². The number of halogens is 2. The minimum absolute atomic E-state index is 0.0813. The SMILES string of the molecule is CC(S)N1CCOC(F)(F)C1. The van der Waals surface area contributed by atoms with E-state index in [1.54, 1.807) is 11.8 Å². The minimum Gasteiger partial charge on any atom is -0.318 e. The molecule has 1 aliphatic rings. The van der Waals surface area contributed by atoms with Crippen molar-refractivity contribution in [1.82, 2.24) is 4.90 Å². The Hall–Kier alpha value is 0.130. The molecule has 0 aliphatic carbocycles. The summed E-state index contributed by atoms with van der Waals surface area (Å²) in [5.41, 5.74) is 0. The second kappa shape index (κ2) is 3.25. The van der Waals surface area contributed by atoms with Crippen LogP contribution >= 0.6 is 12.6 Å². The van der Waals surface area contributed by atoms with Gasteiger partial charge in [-0.2, -0.15) is 21.4 Å². The van der Waals surface area contributed by atoms with Crippen LogP contribution in [0.25, 0.3) is 0 Å². The van der Waals surface area contributed by atoms with Crippen LogP contribution in [0.5, 0.6) is 0 Å². The predicted octanol–water partition coefficient (Wildman–Crippen LogP) is 1.19. The van der Waals surface area contributed by atoms with Gasteiger partial charge in [0.05, 0.1) is 18.5 Å². The molecule has 0 spiro atoms. The van der Waals surface area contributed by atoms with Gasteiger partial charge in [0, 0.05) is 6.54 Å². The highest BCUT2D eigenvalue weighted by atomic mass is 32.1. The largest absolute Gasteiger partial charge is 0.368 e. The highest BCUT2D eigenvalue weighted by Gasteiger charge is 2.37. The molecular formula is C6H11F2NOS. The van der Waals surface area contributed by atoms with Gasteiger partial charge in [0.2, 0.25) is 0 Å². The Kier molecular flexibility index (Phi) is 2.72. The summed E-state index contributed by atoms with van der Waals surface area (Å²) >= 11 is 4.06. The van der Waals surface area contributed by atoms with Crippen LogP contribution in [-0.4, -0.2) is 36.1 Å². The second-order valence-corrected chi connectivity index (χ2v) is 3.34. The first kappa shape index (κ1) is 9.22. The highest BCUT2D eigenvalue weighted by Crippen LogP contribution is 2.22. The normalized spacial score (nSPS) is 28.4. The molecule has 0 bridgehead atoms. The summed E-state index contributed by atoms with van der Waals surface area (Å²) < 4.78 is 29.3. The Labute approximate surface area is 69.9 Å². The molecule has 0 aromatic heterocycles. The quantitative estimate of drug-likeness (QED) is 0.613. The molecule has 1 saturated heterocycles. The number of ether oxygens (including phenoxy) is 1. The van der Waals surface area contributed by atoms with E-state index in [9.17, 15) is 8.78 Å². The third kappa shape index (κ3) is 2.57. The number of morpholine rings is 1. The van der Waals surface area contributed by atoms with E-state index in [0.717, 1.165) is 0 Å². The van der Waals surface area contributed by atoms with Crippen LogP contribution in [0, 0.1) is 0 Å². The monoisotopic (exact) mass is 183 g/mol. The van der Waals surface area contributed by atoms with Crippen LogP contribution in [0.15, 0.2) is 0 Å². The van der Waals surface area contributed by atoms with Crippen molar-refractivity contribution in [2.75, 3.05) is 19.7 Å². The highest BCUT2D eigenvalue weighted by molar-refractivity contribution is 7.80. The fourth-order valence-corrected chi connectivity index (χ4v) is 1.19. The van der Waals surface area contributed by atoms with Gasteiger partial charge in [0.15, 0.2) is 0 Å². The smallest absolute Gasteiger partial charge is 0.318 e. The third-order valence-corrected chi connectivity index (χ3v) is 1.93. The van der Waals surface area contributed by atoms with Crippen molar-refractivity contribution in [2.24, 2.45) is 0 Å². The molecular weight excluding hydrogens is 172 g/mol. The van der Waals surface area contributed by atoms with Crippen LogP contribution in [0.2, 0.25) is 0 Å². The first-order chi connectivity index (χ1) is 5.01. The average molecular weight is 183 g/mol. The van der Waals surface area contributed by atoms with Crippen molar-refractivity contribution in [3.8, 4) is 0 Å². The van der Waals surface area contributed by atoms with Crippen LogP contribution in [0.1, 0.15) is 6.92 Å². The molecule has 0 aromatic carbocycles. The number of alkyl halides is 2. The van der Waals surface area contributed by atoms with Crippen LogP contribution in [0.3, 0.4) is 0 Å². The zero-order valence-electron chi connectivity index (χ0n) is 6.26. The number of rotatable bonds is 1. The standard InChI is InChI=1S/C6H11F2NOS/c1-5(11)9-2-3-10-6(7,8)4-9/h5,11H,2-4H2,1H3. The molecule has 1 heterocycles. The lowest BCUT2D eigenvalue weighted by Gasteiger charge is -2.34. The molecule has 1 rings (SSSR count). The van der Waals surface area contributed by atoms with Crippen molar-refractivity contribution < 1.29 is 13.5 Å². The van der Waals surface area contributed by atoms with Gasteiger partial charge in [-0.05, 0) is 6.92 Å². The van der Waals surface area contributed by atoms with Crippen molar-refractivity contribution in [3.05, 3.63) is 0 Å². The Morgan fingerprint density at radius 3 is 2.64 bits per heavy atom. The third-order valence-electron chi connectivity index (χ3n) is 1.61. The van der Waals surface area contributed by atoms with E-state index < -0.39 is 6.11 Å². The molecule has 1 unspecified atom stereocenters. The molecule has 0 aromatic rings. The summed E-state index contributed by atoms with van der Waals surface area (Å²) in [5.74, 6) is 0. The Balaban J connectivity index is 2.46. The van der Waals surface area contributed by atoms with E-state index >= 15 is 0 Å².